The Morgan fingerprint density at radius 2 is 1.88 bits per heavy atom. The number of nitrogens with one attached hydrogen (secondary N) is 1. The monoisotopic (exact) mass is 432 g/mol. The second kappa shape index (κ2) is 8.03. The molecule has 2 aromatic carbocycles. The molecule has 1 N–H and O–H groups in total. The summed E-state index contributed by atoms with van der Waals surface area (Å²) in [6, 6.07) is 13.1. The van der Waals surface area contributed by atoms with Crippen molar-refractivity contribution in [1.82, 2.24) is 20.4 Å². The number of fused-ring (bicyclic) bond motifs is 1. The molecule has 164 valence electrons. The lowest BCUT2D eigenvalue weighted by molar-refractivity contribution is 0.174. The fourth-order valence-corrected chi connectivity index (χ4v) is 4.05. The zero-order valence-corrected chi connectivity index (χ0v) is 18.2. The van der Waals surface area contributed by atoms with E-state index in [9.17, 15) is 4.79 Å². The van der Waals surface area contributed by atoms with Crippen LogP contribution in [-0.4, -0.2) is 34.4 Å². The molecule has 0 aliphatic carbocycles. The minimum atomic E-state index is -0.388. The first-order valence-electron chi connectivity index (χ1n) is 10.6. The molecule has 1 aromatic heterocycles. The number of carbonyl (C=O) groups excluding carboxylic acids is 1. The molecule has 2 amide bonds. The molecular weight excluding hydrogens is 408 g/mol. The summed E-state index contributed by atoms with van der Waals surface area (Å²) in [6.45, 7) is 6.80. The van der Waals surface area contributed by atoms with E-state index in [0.29, 0.717) is 29.8 Å². The second-order valence-corrected chi connectivity index (χ2v) is 7.94. The van der Waals surface area contributed by atoms with Crippen LogP contribution in [0.4, 0.5) is 4.79 Å². The van der Waals surface area contributed by atoms with E-state index in [1.54, 1.807) is 4.90 Å². The summed E-state index contributed by atoms with van der Waals surface area (Å²) >= 11 is 0. The molecule has 8 heteroatoms. The normalized spacial score (nSPS) is 17.7. The van der Waals surface area contributed by atoms with E-state index in [1.807, 2.05) is 63.2 Å². The molecule has 5 rings (SSSR count). The number of benzene rings is 2. The Morgan fingerprint density at radius 3 is 2.66 bits per heavy atom. The first-order valence-corrected chi connectivity index (χ1v) is 10.6. The Kier molecular flexibility index (Phi) is 5.05. The molecule has 2 aliphatic rings. The Hall–Kier alpha value is -3.81. The van der Waals surface area contributed by atoms with Crippen molar-refractivity contribution in [2.45, 2.75) is 33.2 Å². The van der Waals surface area contributed by atoms with Crippen LogP contribution >= 0.6 is 0 Å². The third-order valence-corrected chi connectivity index (χ3v) is 5.74. The lowest BCUT2D eigenvalue weighted by atomic mass is 9.94. The third-order valence-electron chi connectivity index (χ3n) is 5.74. The molecule has 0 radical (unpaired) electrons. The Bertz CT molecular complexity index is 1200. The lowest BCUT2D eigenvalue weighted by Gasteiger charge is -2.35. The van der Waals surface area contributed by atoms with Gasteiger partial charge in [0.2, 0.25) is 12.6 Å². The van der Waals surface area contributed by atoms with Crippen molar-refractivity contribution in [2.24, 2.45) is 0 Å². The smallest absolute Gasteiger partial charge is 0.322 e. The van der Waals surface area contributed by atoms with Gasteiger partial charge in [0, 0.05) is 17.8 Å². The van der Waals surface area contributed by atoms with E-state index in [4.69, 9.17) is 14.0 Å². The van der Waals surface area contributed by atoms with Gasteiger partial charge in [-0.15, -0.1) is 0 Å². The Labute approximate surface area is 185 Å². The standard InChI is InChI=1S/C24H24N4O4/c1-4-11-28-15(3)20(21(25-24(28)29)16-7-5-14(2)6-8-16)23-26-22(27-32-23)17-9-10-18-19(12-17)31-13-30-18/h5-10,12,21H,4,11,13H2,1-3H3,(H,25,29). The molecule has 0 fully saturated rings. The molecule has 0 spiro atoms. The van der Waals surface area contributed by atoms with Gasteiger partial charge in [0.25, 0.3) is 5.89 Å². The molecule has 3 heterocycles. The molecular formula is C24H24N4O4. The topological polar surface area (TPSA) is 89.7 Å². The van der Waals surface area contributed by atoms with Crippen molar-refractivity contribution in [3.05, 3.63) is 65.2 Å². The second-order valence-electron chi connectivity index (χ2n) is 7.94. The van der Waals surface area contributed by atoms with Gasteiger partial charge in [-0.3, -0.25) is 4.90 Å². The van der Waals surface area contributed by atoms with E-state index in [0.717, 1.165) is 34.4 Å². The quantitative estimate of drug-likeness (QED) is 0.630. The molecule has 0 saturated heterocycles. The molecule has 32 heavy (non-hydrogen) atoms. The van der Waals surface area contributed by atoms with Crippen molar-refractivity contribution >= 4 is 11.6 Å². The fraction of sp³-hybridized carbons (Fsp3) is 0.292. The van der Waals surface area contributed by atoms with Gasteiger partial charge in [0.05, 0.1) is 11.6 Å². The van der Waals surface area contributed by atoms with Gasteiger partial charge in [-0.1, -0.05) is 41.9 Å². The van der Waals surface area contributed by atoms with Crippen molar-refractivity contribution in [3.63, 3.8) is 0 Å². The number of ether oxygens (including phenoxy) is 2. The minimum Gasteiger partial charge on any atom is -0.454 e. The summed E-state index contributed by atoms with van der Waals surface area (Å²) < 4.78 is 16.6. The molecule has 0 saturated carbocycles. The maximum Gasteiger partial charge on any atom is 0.322 e. The Morgan fingerprint density at radius 1 is 1.09 bits per heavy atom. The summed E-state index contributed by atoms with van der Waals surface area (Å²) in [5, 5.41) is 7.32. The van der Waals surface area contributed by atoms with Crippen LogP contribution in [0, 0.1) is 6.92 Å². The number of urea groups is 1. The zero-order valence-electron chi connectivity index (χ0n) is 18.2. The average molecular weight is 432 g/mol. The summed E-state index contributed by atoms with van der Waals surface area (Å²) in [7, 11) is 0. The maximum atomic E-state index is 12.8. The van der Waals surface area contributed by atoms with Crippen LogP contribution in [0.15, 0.2) is 52.7 Å². The van der Waals surface area contributed by atoms with Gasteiger partial charge in [-0.25, -0.2) is 4.79 Å². The van der Waals surface area contributed by atoms with Crippen molar-refractivity contribution < 1.29 is 18.8 Å². The summed E-state index contributed by atoms with van der Waals surface area (Å²) in [5.41, 5.74) is 4.47. The van der Waals surface area contributed by atoms with Gasteiger partial charge < -0.3 is 19.3 Å². The SMILES string of the molecule is CCCN1C(=O)NC(c2ccc(C)cc2)C(c2nc(-c3ccc4c(c3)OCO4)no2)=C1C. The van der Waals surface area contributed by atoms with E-state index in [2.05, 4.69) is 15.5 Å². The van der Waals surface area contributed by atoms with Crippen molar-refractivity contribution in [2.75, 3.05) is 13.3 Å². The van der Waals surface area contributed by atoms with Crippen LogP contribution in [0.1, 0.15) is 43.3 Å². The van der Waals surface area contributed by atoms with E-state index in [1.165, 1.54) is 0 Å². The number of nitrogens with zero attached hydrogens (tertiary/aromatic N) is 3. The highest BCUT2D eigenvalue weighted by atomic mass is 16.7. The highest BCUT2D eigenvalue weighted by Crippen LogP contribution is 2.39. The molecule has 8 nitrogen and oxygen atoms in total. The predicted molar refractivity (Wildman–Crippen MR) is 118 cm³/mol. The number of hydrogen-bond donors (Lipinski definition) is 1. The molecule has 2 aliphatic heterocycles. The van der Waals surface area contributed by atoms with Crippen molar-refractivity contribution in [1.29, 1.82) is 0 Å². The van der Waals surface area contributed by atoms with Crippen LogP contribution in [0.5, 0.6) is 11.5 Å². The number of hydrogen-bond acceptors (Lipinski definition) is 6. The first kappa shape index (κ1) is 20.1. The highest BCUT2D eigenvalue weighted by molar-refractivity contribution is 5.86. The molecule has 1 atom stereocenters. The average Bonchev–Trinajstić information content (AvgIpc) is 3.46. The summed E-state index contributed by atoms with van der Waals surface area (Å²) in [4.78, 5) is 19.3. The number of carbonyl (C=O) groups is 1. The maximum absolute atomic E-state index is 12.8. The fourth-order valence-electron chi connectivity index (χ4n) is 4.05. The highest BCUT2D eigenvalue weighted by Gasteiger charge is 2.35. The summed E-state index contributed by atoms with van der Waals surface area (Å²) in [5.74, 6) is 2.17. The molecule has 1 unspecified atom stereocenters. The Balaban J connectivity index is 1.57. The van der Waals surface area contributed by atoms with Crippen LogP contribution < -0.4 is 14.8 Å². The van der Waals surface area contributed by atoms with Crippen molar-refractivity contribution in [3.8, 4) is 22.9 Å². The van der Waals surface area contributed by atoms with Gasteiger partial charge in [-0.2, -0.15) is 4.98 Å². The molecule has 0 bridgehead atoms. The van der Waals surface area contributed by atoms with Crippen LogP contribution in [0.3, 0.4) is 0 Å². The van der Waals surface area contributed by atoms with Crippen LogP contribution in [-0.2, 0) is 0 Å². The van der Waals surface area contributed by atoms with E-state index < -0.39 is 0 Å². The van der Waals surface area contributed by atoms with Gasteiger partial charge in [-0.05, 0) is 44.0 Å². The van der Waals surface area contributed by atoms with Gasteiger partial charge >= 0.3 is 6.03 Å². The minimum absolute atomic E-state index is 0.130. The van der Waals surface area contributed by atoms with Crippen LogP contribution in [0.25, 0.3) is 17.0 Å². The number of aryl methyl sites for hydroxylation is 1. The zero-order chi connectivity index (χ0) is 22.2. The number of amides is 2. The van der Waals surface area contributed by atoms with Gasteiger partial charge in [0.1, 0.15) is 0 Å². The molecule has 3 aromatic rings. The van der Waals surface area contributed by atoms with Gasteiger partial charge in [0.15, 0.2) is 11.5 Å². The predicted octanol–water partition coefficient (Wildman–Crippen LogP) is 4.68. The third kappa shape index (κ3) is 3.47. The van der Waals surface area contributed by atoms with Crippen LogP contribution in [0.2, 0.25) is 0 Å². The number of allylic oxidation sites excluding steroid dienone is 1. The summed E-state index contributed by atoms with van der Waals surface area (Å²) in [6.07, 6.45) is 0.833. The largest absolute Gasteiger partial charge is 0.454 e. The lowest BCUT2D eigenvalue weighted by Crippen LogP contribution is -2.46. The number of aromatic nitrogens is 2. The van der Waals surface area contributed by atoms with E-state index in [-0.39, 0.29) is 18.9 Å². The number of rotatable bonds is 5. The van der Waals surface area contributed by atoms with E-state index >= 15 is 0 Å². The first-order chi connectivity index (χ1) is 15.5.